The number of carbonyl (C=O) groups is 1. The molecule has 0 atom stereocenters. The molecule has 2 rings (SSSR count). The van der Waals surface area contributed by atoms with Crippen LogP contribution in [-0.2, 0) is 6.18 Å². The van der Waals surface area contributed by atoms with Crippen molar-refractivity contribution in [1.82, 2.24) is 10.3 Å². The highest BCUT2D eigenvalue weighted by Crippen LogP contribution is 2.30. The summed E-state index contributed by atoms with van der Waals surface area (Å²) in [6, 6.07) is 1.64. The van der Waals surface area contributed by atoms with E-state index >= 15 is 0 Å². The minimum Gasteiger partial charge on any atom is -0.348 e. The normalized spacial score (nSPS) is 22.2. The lowest BCUT2D eigenvalue weighted by Gasteiger charge is -2.31. The van der Waals surface area contributed by atoms with Gasteiger partial charge in [0.1, 0.15) is 11.3 Å². The lowest BCUT2D eigenvalue weighted by molar-refractivity contribution is -0.138. The second kappa shape index (κ2) is 6.76. The Morgan fingerprint density at radius 1 is 1.22 bits per heavy atom. The number of pyridine rings is 1. The van der Waals surface area contributed by atoms with E-state index in [1.165, 1.54) is 0 Å². The van der Waals surface area contributed by atoms with E-state index in [9.17, 15) is 22.8 Å². The van der Waals surface area contributed by atoms with E-state index in [1.807, 2.05) is 4.98 Å². The van der Waals surface area contributed by atoms with Crippen molar-refractivity contribution in [3.8, 4) is 0 Å². The summed E-state index contributed by atoms with van der Waals surface area (Å²) in [5, 5.41) is 2.79. The second-order valence-corrected chi connectivity index (χ2v) is 6.44. The molecule has 1 aromatic rings. The predicted octanol–water partition coefficient (Wildman–Crippen LogP) is 3.34. The molecule has 1 heterocycles. The van der Waals surface area contributed by atoms with Gasteiger partial charge in [-0.15, -0.1) is 0 Å². The number of aromatic amines is 1. The van der Waals surface area contributed by atoms with Crippen LogP contribution < -0.4 is 10.9 Å². The van der Waals surface area contributed by atoms with Crippen molar-refractivity contribution in [3.63, 3.8) is 0 Å². The third-order valence-electron chi connectivity index (χ3n) is 4.51. The van der Waals surface area contributed by atoms with Crippen LogP contribution in [0.3, 0.4) is 0 Å². The molecule has 4 nitrogen and oxygen atoms in total. The van der Waals surface area contributed by atoms with Crippen molar-refractivity contribution in [2.24, 2.45) is 11.8 Å². The zero-order valence-corrected chi connectivity index (χ0v) is 13.2. The molecular weight excluding hydrogens is 309 g/mol. The third kappa shape index (κ3) is 4.36. The molecule has 1 aliphatic rings. The van der Waals surface area contributed by atoms with Crippen LogP contribution in [0.2, 0.25) is 0 Å². The Labute approximate surface area is 132 Å². The zero-order valence-electron chi connectivity index (χ0n) is 13.2. The van der Waals surface area contributed by atoms with Gasteiger partial charge >= 0.3 is 6.18 Å². The summed E-state index contributed by atoms with van der Waals surface area (Å²) in [5.41, 5.74) is -2.74. The van der Waals surface area contributed by atoms with Crippen molar-refractivity contribution in [3.05, 3.63) is 33.7 Å². The first-order chi connectivity index (χ1) is 10.7. The Kier molecular flexibility index (Phi) is 5.16. The predicted molar refractivity (Wildman–Crippen MR) is 80.1 cm³/mol. The number of hydrogen-bond donors (Lipinski definition) is 2. The van der Waals surface area contributed by atoms with E-state index in [0.29, 0.717) is 17.9 Å². The summed E-state index contributed by atoms with van der Waals surface area (Å²) in [6.07, 6.45) is -0.991. The van der Waals surface area contributed by atoms with Gasteiger partial charge in [-0.25, -0.2) is 0 Å². The number of rotatable bonds is 3. The summed E-state index contributed by atoms with van der Waals surface area (Å²) < 4.78 is 37.6. The summed E-state index contributed by atoms with van der Waals surface area (Å²) in [7, 11) is 0. The summed E-state index contributed by atoms with van der Waals surface area (Å²) in [4.78, 5) is 25.5. The fraction of sp³-hybridized carbons (Fsp3) is 0.625. The minimum atomic E-state index is -4.72. The lowest BCUT2D eigenvalue weighted by atomic mass is 9.80. The average molecular weight is 330 g/mol. The number of amides is 1. The topological polar surface area (TPSA) is 62.0 Å². The van der Waals surface area contributed by atoms with Gasteiger partial charge in [0.05, 0.1) is 0 Å². The first-order valence-corrected chi connectivity index (χ1v) is 7.80. The molecule has 1 fully saturated rings. The van der Waals surface area contributed by atoms with Crippen LogP contribution in [-0.4, -0.2) is 16.9 Å². The maximum absolute atomic E-state index is 12.5. The summed E-state index contributed by atoms with van der Waals surface area (Å²) >= 11 is 0. The second-order valence-electron chi connectivity index (χ2n) is 6.44. The van der Waals surface area contributed by atoms with Gasteiger partial charge in [-0.1, -0.05) is 13.8 Å². The molecular formula is C16H21F3N2O2. The standard InChI is InChI=1S/C16H21F3N2O2/c1-9(2)10-3-5-11(6-4-10)20-15(23)13-8-7-12(14(22)21-13)16(17,18)19/h7-11H,3-6H2,1-2H3,(H,20,23)(H,21,22). The average Bonchev–Trinajstić information content (AvgIpc) is 2.46. The van der Waals surface area contributed by atoms with Crippen molar-refractivity contribution < 1.29 is 18.0 Å². The maximum Gasteiger partial charge on any atom is 0.421 e. The number of alkyl halides is 3. The van der Waals surface area contributed by atoms with Crippen LogP contribution in [0.25, 0.3) is 0 Å². The number of halogens is 3. The smallest absolute Gasteiger partial charge is 0.348 e. The number of aromatic nitrogens is 1. The van der Waals surface area contributed by atoms with Gasteiger partial charge in [0.25, 0.3) is 11.5 Å². The molecule has 1 aliphatic carbocycles. The third-order valence-corrected chi connectivity index (χ3v) is 4.51. The molecule has 1 amide bonds. The molecule has 0 bridgehead atoms. The Balaban J connectivity index is 2.00. The van der Waals surface area contributed by atoms with E-state index < -0.39 is 23.2 Å². The molecule has 0 radical (unpaired) electrons. The van der Waals surface area contributed by atoms with Crippen LogP contribution >= 0.6 is 0 Å². The fourth-order valence-electron chi connectivity index (χ4n) is 3.02. The molecule has 0 unspecified atom stereocenters. The van der Waals surface area contributed by atoms with Crippen molar-refractivity contribution >= 4 is 5.91 Å². The molecule has 23 heavy (non-hydrogen) atoms. The maximum atomic E-state index is 12.5. The number of carbonyl (C=O) groups excluding carboxylic acids is 1. The Hall–Kier alpha value is -1.79. The van der Waals surface area contributed by atoms with Crippen molar-refractivity contribution in [2.75, 3.05) is 0 Å². The molecule has 2 N–H and O–H groups in total. The van der Waals surface area contributed by atoms with Gasteiger partial charge in [0, 0.05) is 6.04 Å². The quantitative estimate of drug-likeness (QED) is 0.893. The van der Waals surface area contributed by atoms with Crippen LogP contribution in [0.5, 0.6) is 0 Å². The van der Waals surface area contributed by atoms with Gasteiger partial charge in [-0.2, -0.15) is 13.2 Å². The summed E-state index contributed by atoms with van der Waals surface area (Å²) in [6.45, 7) is 4.35. The van der Waals surface area contributed by atoms with Crippen molar-refractivity contribution in [1.29, 1.82) is 0 Å². The van der Waals surface area contributed by atoms with Gasteiger partial charge in [-0.3, -0.25) is 9.59 Å². The van der Waals surface area contributed by atoms with Crippen LogP contribution in [0.15, 0.2) is 16.9 Å². The number of nitrogens with one attached hydrogen (secondary N) is 2. The first-order valence-electron chi connectivity index (χ1n) is 7.80. The van der Waals surface area contributed by atoms with Crippen molar-refractivity contribution in [2.45, 2.75) is 51.7 Å². The fourth-order valence-corrected chi connectivity index (χ4v) is 3.02. The van der Waals surface area contributed by atoms with E-state index in [1.54, 1.807) is 0 Å². The minimum absolute atomic E-state index is 0.00305. The lowest BCUT2D eigenvalue weighted by Crippen LogP contribution is -2.39. The molecule has 128 valence electrons. The van der Waals surface area contributed by atoms with E-state index in [0.717, 1.165) is 31.7 Å². The van der Waals surface area contributed by atoms with E-state index in [-0.39, 0.29) is 11.7 Å². The molecule has 0 spiro atoms. The number of hydrogen-bond acceptors (Lipinski definition) is 2. The SMILES string of the molecule is CC(C)C1CCC(NC(=O)c2ccc(C(F)(F)F)c(=O)[nH]2)CC1. The molecule has 0 aliphatic heterocycles. The largest absolute Gasteiger partial charge is 0.421 e. The van der Waals surface area contributed by atoms with Gasteiger partial charge in [-0.05, 0) is 49.7 Å². The number of H-pyrrole nitrogens is 1. The van der Waals surface area contributed by atoms with E-state index in [2.05, 4.69) is 19.2 Å². The zero-order chi connectivity index (χ0) is 17.2. The summed E-state index contributed by atoms with van der Waals surface area (Å²) in [5.74, 6) is 0.718. The Morgan fingerprint density at radius 2 is 1.83 bits per heavy atom. The highest BCUT2D eigenvalue weighted by atomic mass is 19.4. The highest BCUT2D eigenvalue weighted by Gasteiger charge is 2.34. The van der Waals surface area contributed by atoms with Crippen LogP contribution in [0.4, 0.5) is 13.2 Å². The first kappa shape index (κ1) is 17.6. The highest BCUT2D eigenvalue weighted by molar-refractivity contribution is 5.92. The monoisotopic (exact) mass is 330 g/mol. The molecule has 0 saturated heterocycles. The van der Waals surface area contributed by atoms with Crippen LogP contribution in [0, 0.1) is 11.8 Å². The molecule has 0 aromatic carbocycles. The van der Waals surface area contributed by atoms with Gasteiger partial charge in [0.15, 0.2) is 0 Å². The Morgan fingerprint density at radius 3 is 2.30 bits per heavy atom. The molecule has 7 heteroatoms. The van der Waals surface area contributed by atoms with Crippen LogP contribution in [0.1, 0.15) is 55.6 Å². The Bertz CT molecular complexity index is 614. The molecule has 1 aromatic heterocycles. The molecule has 1 saturated carbocycles. The van der Waals surface area contributed by atoms with E-state index in [4.69, 9.17) is 0 Å². The van der Waals surface area contributed by atoms with Gasteiger partial charge < -0.3 is 10.3 Å². The van der Waals surface area contributed by atoms with Gasteiger partial charge in [0.2, 0.25) is 0 Å².